The summed E-state index contributed by atoms with van der Waals surface area (Å²) < 4.78 is 5.47. The van der Waals surface area contributed by atoms with Crippen molar-refractivity contribution in [3.8, 4) is 5.75 Å². The molecule has 0 aromatic heterocycles. The minimum atomic E-state index is -0.142. The van der Waals surface area contributed by atoms with Gasteiger partial charge in [0.2, 0.25) is 5.91 Å². The first-order valence-electron chi connectivity index (χ1n) is 8.63. The molecule has 0 spiro atoms. The van der Waals surface area contributed by atoms with Crippen molar-refractivity contribution in [2.24, 2.45) is 5.92 Å². The van der Waals surface area contributed by atoms with Crippen LogP contribution in [0.25, 0.3) is 0 Å². The van der Waals surface area contributed by atoms with Gasteiger partial charge in [0.1, 0.15) is 5.75 Å². The number of likely N-dealkylation sites (tertiary alicyclic amines) is 1. The molecule has 0 bridgehead atoms. The quantitative estimate of drug-likeness (QED) is 0.906. The molecule has 1 aromatic rings. The Bertz CT molecular complexity index is 497. The van der Waals surface area contributed by atoms with E-state index in [4.69, 9.17) is 4.74 Å². The normalized spacial score (nSPS) is 17.0. The number of amides is 1. The fraction of sp³-hybridized carbons (Fsp3) is 0.632. The Balaban J connectivity index is 1.79. The van der Waals surface area contributed by atoms with Gasteiger partial charge in [0.25, 0.3) is 0 Å². The van der Waals surface area contributed by atoms with Gasteiger partial charge >= 0.3 is 0 Å². The molecule has 4 nitrogen and oxygen atoms in total. The molecular weight excluding hydrogens is 288 g/mol. The first kappa shape index (κ1) is 17.8. The number of carbonyl (C=O) groups excluding carboxylic acids is 1. The van der Waals surface area contributed by atoms with E-state index in [0.29, 0.717) is 6.61 Å². The highest BCUT2D eigenvalue weighted by atomic mass is 16.5. The molecule has 0 atom stereocenters. The highest BCUT2D eigenvalue weighted by molar-refractivity contribution is 5.79. The molecule has 0 unspecified atom stereocenters. The van der Waals surface area contributed by atoms with Crippen LogP contribution in [0.2, 0.25) is 0 Å². The van der Waals surface area contributed by atoms with Gasteiger partial charge in [-0.3, -0.25) is 9.69 Å². The highest BCUT2D eigenvalue weighted by Crippen LogP contribution is 2.21. The van der Waals surface area contributed by atoms with Crippen molar-refractivity contribution >= 4 is 5.91 Å². The molecular formula is C19H30N2O2. The van der Waals surface area contributed by atoms with E-state index in [1.165, 1.54) is 5.56 Å². The van der Waals surface area contributed by atoms with Gasteiger partial charge < -0.3 is 10.1 Å². The van der Waals surface area contributed by atoms with Crippen LogP contribution in [0.5, 0.6) is 5.75 Å². The van der Waals surface area contributed by atoms with E-state index in [0.717, 1.165) is 38.2 Å². The molecule has 1 heterocycles. The summed E-state index contributed by atoms with van der Waals surface area (Å²) in [6.45, 7) is 11.7. The average Bonchev–Trinajstić information content (AvgIpc) is 2.48. The van der Waals surface area contributed by atoms with Crippen molar-refractivity contribution in [1.82, 2.24) is 10.2 Å². The lowest BCUT2D eigenvalue weighted by Gasteiger charge is -2.33. The van der Waals surface area contributed by atoms with Crippen molar-refractivity contribution in [3.63, 3.8) is 0 Å². The second-order valence-corrected chi connectivity index (χ2v) is 7.37. The van der Waals surface area contributed by atoms with Crippen molar-refractivity contribution < 1.29 is 9.53 Å². The number of hydrogen-bond acceptors (Lipinski definition) is 3. The Labute approximate surface area is 140 Å². The summed E-state index contributed by atoms with van der Waals surface area (Å²) in [5.74, 6) is 1.29. The van der Waals surface area contributed by atoms with E-state index in [-0.39, 0.29) is 17.4 Å². The van der Waals surface area contributed by atoms with Gasteiger partial charge in [-0.05, 0) is 71.3 Å². The van der Waals surface area contributed by atoms with Crippen molar-refractivity contribution in [2.75, 3.05) is 19.7 Å². The summed E-state index contributed by atoms with van der Waals surface area (Å²) in [5, 5.41) is 3.10. The van der Waals surface area contributed by atoms with Gasteiger partial charge in [-0.15, -0.1) is 0 Å². The minimum absolute atomic E-state index is 0.142. The number of ether oxygens (including phenoxy) is 1. The number of benzene rings is 1. The largest absolute Gasteiger partial charge is 0.494 e. The molecule has 1 aliphatic rings. The van der Waals surface area contributed by atoms with Crippen LogP contribution in [-0.4, -0.2) is 36.0 Å². The zero-order valence-electron chi connectivity index (χ0n) is 14.9. The van der Waals surface area contributed by atoms with E-state index in [1.807, 2.05) is 39.8 Å². The number of rotatable bonds is 5. The summed E-state index contributed by atoms with van der Waals surface area (Å²) in [6.07, 6.45) is 1.89. The Kier molecular flexibility index (Phi) is 6.05. The van der Waals surface area contributed by atoms with Crippen LogP contribution in [0.15, 0.2) is 24.3 Å². The van der Waals surface area contributed by atoms with Crippen LogP contribution in [0.1, 0.15) is 46.1 Å². The SMILES string of the molecule is CCOc1ccc(CN2CCC(C(=O)NC(C)(C)C)CC2)cc1. The van der Waals surface area contributed by atoms with Gasteiger partial charge in [0.05, 0.1) is 6.61 Å². The smallest absolute Gasteiger partial charge is 0.223 e. The maximum absolute atomic E-state index is 12.2. The molecule has 1 amide bonds. The fourth-order valence-electron chi connectivity index (χ4n) is 2.94. The lowest BCUT2D eigenvalue weighted by molar-refractivity contribution is -0.127. The molecule has 0 radical (unpaired) electrons. The average molecular weight is 318 g/mol. The van der Waals surface area contributed by atoms with Crippen molar-refractivity contribution in [3.05, 3.63) is 29.8 Å². The fourth-order valence-corrected chi connectivity index (χ4v) is 2.94. The first-order valence-corrected chi connectivity index (χ1v) is 8.63. The maximum atomic E-state index is 12.2. The van der Waals surface area contributed by atoms with Crippen LogP contribution in [-0.2, 0) is 11.3 Å². The van der Waals surface area contributed by atoms with E-state index >= 15 is 0 Å². The minimum Gasteiger partial charge on any atom is -0.494 e. The standard InChI is InChI=1S/C19H30N2O2/c1-5-23-17-8-6-15(7-9-17)14-21-12-10-16(11-13-21)18(22)20-19(2,3)4/h6-9,16H,5,10-14H2,1-4H3,(H,20,22). The molecule has 0 aliphatic carbocycles. The van der Waals surface area contributed by atoms with Gasteiger partial charge in [-0.2, -0.15) is 0 Å². The summed E-state index contributed by atoms with van der Waals surface area (Å²) in [5.41, 5.74) is 1.15. The van der Waals surface area contributed by atoms with Crippen LogP contribution in [0.4, 0.5) is 0 Å². The maximum Gasteiger partial charge on any atom is 0.223 e. The monoisotopic (exact) mass is 318 g/mol. The summed E-state index contributed by atoms with van der Waals surface area (Å²) in [4.78, 5) is 14.7. The lowest BCUT2D eigenvalue weighted by atomic mass is 9.94. The molecule has 23 heavy (non-hydrogen) atoms. The predicted octanol–water partition coefficient (Wildman–Crippen LogP) is 3.21. The van der Waals surface area contributed by atoms with Crippen LogP contribution in [0, 0.1) is 5.92 Å². The number of hydrogen-bond donors (Lipinski definition) is 1. The molecule has 1 aromatic carbocycles. The Hall–Kier alpha value is -1.55. The van der Waals surface area contributed by atoms with E-state index in [9.17, 15) is 4.79 Å². The van der Waals surface area contributed by atoms with Crippen LogP contribution in [0.3, 0.4) is 0 Å². The molecule has 2 rings (SSSR count). The molecule has 128 valence electrons. The topological polar surface area (TPSA) is 41.6 Å². The summed E-state index contributed by atoms with van der Waals surface area (Å²) in [7, 11) is 0. The Morgan fingerprint density at radius 3 is 2.35 bits per heavy atom. The number of nitrogens with one attached hydrogen (secondary N) is 1. The van der Waals surface area contributed by atoms with E-state index in [2.05, 4.69) is 22.3 Å². The molecule has 0 saturated carbocycles. The van der Waals surface area contributed by atoms with Gasteiger partial charge in [-0.1, -0.05) is 12.1 Å². The Morgan fingerprint density at radius 1 is 1.22 bits per heavy atom. The molecule has 4 heteroatoms. The van der Waals surface area contributed by atoms with Gasteiger partial charge in [0, 0.05) is 18.0 Å². The van der Waals surface area contributed by atoms with E-state index in [1.54, 1.807) is 0 Å². The predicted molar refractivity (Wildman–Crippen MR) is 93.5 cm³/mol. The summed E-state index contributed by atoms with van der Waals surface area (Å²) in [6, 6.07) is 8.32. The number of carbonyl (C=O) groups is 1. The molecule has 1 N–H and O–H groups in total. The number of nitrogens with zero attached hydrogens (tertiary/aromatic N) is 1. The van der Waals surface area contributed by atoms with Crippen molar-refractivity contribution in [1.29, 1.82) is 0 Å². The molecule has 1 aliphatic heterocycles. The van der Waals surface area contributed by atoms with Gasteiger partial charge in [-0.25, -0.2) is 0 Å². The number of piperidine rings is 1. The zero-order valence-corrected chi connectivity index (χ0v) is 14.9. The third kappa shape index (κ3) is 5.87. The zero-order chi connectivity index (χ0) is 16.9. The molecule has 1 saturated heterocycles. The second kappa shape index (κ2) is 7.82. The third-order valence-electron chi connectivity index (χ3n) is 4.10. The van der Waals surface area contributed by atoms with Crippen LogP contribution >= 0.6 is 0 Å². The second-order valence-electron chi connectivity index (χ2n) is 7.37. The third-order valence-corrected chi connectivity index (χ3v) is 4.10. The highest BCUT2D eigenvalue weighted by Gasteiger charge is 2.27. The first-order chi connectivity index (χ1) is 10.9. The molecule has 1 fully saturated rings. The van der Waals surface area contributed by atoms with Gasteiger partial charge in [0.15, 0.2) is 0 Å². The van der Waals surface area contributed by atoms with E-state index < -0.39 is 0 Å². The Morgan fingerprint density at radius 2 is 1.83 bits per heavy atom. The lowest BCUT2D eigenvalue weighted by Crippen LogP contribution is -2.46. The van der Waals surface area contributed by atoms with Crippen molar-refractivity contribution in [2.45, 2.75) is 52.6 Å². The summed E-state index contributed by atoms with van der Waals surface area (Å²) >= 11 is 0. The van der Waals surface area contributed by atoms with Crippen LogP contribution < -0.4 is 10.1 Å².